The molecule has 24 heavy (non-hydrogen) atoms. The van der Waals surface area contributed by atoms with E-state index in [9.17, 15) is 4.79 Å². The molecule has 3 nitrogen and oxygen atoms in total. The lowest BCUT2D eigenvalue weighted by atomic mass is 9.87. The fourth-order valence-electron chi connectivity index (χ4n) is 3.15. The molecule has 4 rings (SSSR count). The summed E-state index contributed by atoms with van der Waals surface area (Å²) in [6.45, 7) is 0. The zero-order chi connectivity index (χ0) is 16.7. The number of hydrogen-bond acceptors (Lipinski definition) is 3. The Bertz CT molecular complexity index is 990. The number of rotatable bonds is 1. The molecule has 0 radical (unpaired) electrons. The highest BCUT2D eigenvalue weighted by atomic mass is 35.5. The molecule has 1 aromatic heterocycles. The summed E-state index contributed by atoms with van der Waals surface area (Å²) in [7, 11) is 0. The highest BCUT2D eigenvalue weighted by Crippen LogP contribution is 2.33. The lowest BCUT2D eigenvalue weighted by molar-refractivity contribution is 0.102. The Morgan fingerprint density at radius 3 is 2.58 bits per heavy atom. The first-order valence-corrected chi connectivity index (χ1v) is 8.19. The number of aryl methyl sites for hydroxylation is 1. The number of nitrogens with two attached hydrogens (primary N) is 1. The molecule has 3 aromatic rings. The second-order valence-electron chi connectivity index (χ2n) is 5.91. The van der Waals surface area contributed by atoms with Gasteiger partial charge in [0, 0.05) is 16.0 Å². The second-order valence-corrected chi connectivity index (χ2v) is 6.35. The number of Topliss-reactive ketones (excluding diaryl/α,β-unsaturated/α-hetero) is 1. The van der Waals surface area contributed by atoms with Crippen LogP contribution >= 0.6 is 11.6 Å². The number of allylic oxidation sites excluding steroid dienone is 1. The highest BCUT2D eigenvalue weighted by Gasteiger charge is 2.26. The van der Waals surface area contributed by atoms with Crippen molar-refractivity contribution in [1.29, 1.82) is 0 Å². The normalized spacial score (nSPS) is 15.7. The Labute approximate surface area is 144 Å². The molecule has 1 aliphatic carbocycles. The SMILES string of the molecule is Nc1c2c(nc3ccccc13)CC/C(=C\c1ccc(Cl)cc1)C2=O. The number of carbonyl (C=O) groups is 1. The molecule has 0 unspecified atom stereocenters. The average Bonchev–Trinajstić information content (AvgIpc) is 2.59. The smallest absolute Gasteiger partial charge is 0.192 e. The van der Waals surface area contributed by atoms with E-state index in [4.69, 9.17) is 17.3 Å². The molecule has 0 saturated carbocycles. The molecule has 0 spiro atoms. The number of nitrogen functional groups attached to an aromatic ring is 1. The van der Waals surface area contributed by atoms with Gasteiger partial charge in [-0.25, -0.2) is 0 Å². The predicted molar refractivity (Wildman–Crippen MR) is 98.2 cm³/mol. The molecule has 118 valence electrons. The number of aromatic nitrogens is 1. The van der Waals surface area contributed by atoms with Crippen LogP contribution in [0.1, 0.15) is 28.0 Å². The van der Waals surface area contributed by atoms with Crippen molar-refractivity contribution in [3.05, 3.63) is 75.9 Å². The van der Waals surface area contributed by atoms with Crippen molar-refractivity contribution in [3.8, 4) is 0 Å². The van der Waals surface area contributed by atoms with Crippen LogP contribution < -0.4 is 5.73 Å². The van der Waals surface area contributed by atoms with Gasteiger partial charge in [-0.2, -0.15) is 0 Å². The molecular formula is C20H15ClN2O. The summed E-state index contributed by atoms with van der Waals surface area (Å²) < 4.78 is 0. The van der Waals surface area contributed by atoms with Crippen LogP contribution in [0, 0.1) is 0 Å². The Morgan fingerprint density at radius 2 is 1.79 bits per heavy atom. The van der Waals surface area contributed by atoms with Crippen LogP contribution in [0.4, 0.5) is 5.69 Å². The van der Waals surface area contributed by atoms with Crippen LogP contribution in [0.3, 0.4) is 0 Å². The largest absolute Gasteiger partial charge is 0.398 e. The first kappa shape index (κ1) is 14.9. The van der Waals surface area contributed by atoms with Gasteiger partial charge >= 0.3 is 0 Å². The van der Waals surface area contributed by atoms with E-state index in [2.05, 4.69) is 4.98 Å². The van der Waals surface area contributed by atoms with E-state index in [-0.39, 0.29) is 5.78 Å². The third-order valence-corrected chi connectivity index (χ3v) is 4.62. The molecule has 0 atom stereocenters. The van der Waals surface area contributed by atoms with Crippen LogP contribution in [0.2, 0.25) is 5.02 Å². The number of halogens is 1. The number of hydrogen-bond donors (Lipinski definition) is 1. The Hall–Kier alpha value is -2.65. The van der Waals surface area contributed by atoms with Gasteiger partial charge in [-0.3, -0.25) is 9.78 Å². The van der Waals surface area contributed by atoms with Crippen molar-refractivity contribution in [2.75, 3.05) is 5.73 Å². The highest BCUT2D eigenvalue weighted by molar-refractivity contribution is 6.30. The van der Waals surface area contributed by atoms with Gasteiger partial charge in [-0.1, -0.05) is 41.9 Å². The number of fused-ring (bicyclic) bond motifs is 2. The molecule has 1 heterocycles. The minimum atomic E-state index is -0.0260. The summed E-state index contributed by atoms with van der Waals surface area (Å²) in [6.07, 6.45) is 3.30. The fourth-order valence-corrected chi connectivity index (χ4v) is 3.28. The molecule has 0 saturated heterocycles. The van der Waals surface area contributed by atoms with Gasteiger partial charge < -0.3 is 5.73 Å². The minimum Gasteiger partial charge on any atom is -0.398 e. The minimum absolute atomic E-state index is 0.0260. The van der Waals surface area contributed by atoms with Crippen molar-refractivity contribution >= 4 is 40.1 Å². The third-order valence-electron chi connectivity index (χ3n) is 4.37. The third kappa shape index (κ3) is 2.47. The summed E-state index contributed by atoms with van der Waals surface area (Å²) >= 11 is 5.91. The van der Waals surface area contributed by atoms with E-state index in [0.717, 1.165) is 34.2 Å². The van der Waals surface area contributed by atoms with Crippen LogP contribution in [-0.2, 0) is 6.42 Å². The Balaban J connectivity index is 1.82. The number of para-hydroxylation sites is 1. The number of pyridine rings is 1. The summed E-state index contributed by atoms with van der Waals surface area (Å²) in [4.78, 5) is 17.6. The number of carbonyl (C=O) groups excluding carboxylic acids is 1. The first-order chi connectivity index (χ1) is 11.6. The molecule has 2 N–H and O–H groups in total. The van der Waals surface area contributed by atoms with Crippen molar-refractivity contribution < 1.29 is 4.79 Å². The number of nitrogens with zero attached hydrogens (tertiary/aromatic N) is 1. The molecule has 0 bridgehead atoms. The van der Waals surface area contributed by atoms with Crippen LogP contribution in [-0.4, -0.2) is 10.8 Å². The molecule has 4 heteroatoms. The van der Waals surface area contributed by atoms with E-state index in [1.54, 1.807) is 0 Å². The van der Waals surface area contributed by atoms with Crippen LogP contribution in [0.15, 0.2) is 54.1 Å². The van der Waals surface area contributed by atoms with Gasteiger partial charge in [0.15, 0.2) is 5.78 Å². The van der Waals surface area contributed by atoms with Gasteiger partial charge in [-0.15, -0.1) is 0 Å². The number of ketones is 1. The number of anilines is 1. The van der Waals surface area contributed by atoms with E-state index < -0.39 is 0 Å². The summed E-state index contributed by atoms with van der Waals surface area (Å²) in [5.74, 6) is -0.0260. The standard InChI is InChI=1S/C20H15ClN2O/c21-14-8-5-12(6-9-14)11-13-7-10-17-18(20(13)24)19(22)15-3-1-2-4-16(15)23-17/h1-6,8-9,11H,7,10H2,(H2,22,23)/b13-11+. The first-order valence-electron chi connectivity index (χ1n) is 7.81. The molecule has 0 fully saturated rings. The van der Waals surface area contributed by atoms with Gasteiger partial charge in [0.25, 0.3) is 0 Å². The zero-order valence-corrected chi connectivity index (χ0v) is 13.7. The second kappa shape index (κ2) is 5.77. The van der Waals surface area contributed by atoms with Crippen molar-refractivity contribution in [2.24, 2.45) is 0 Å². The van der Waals surface area contributed by atoms with Crippen LogP contribution in [0.5, 0.6) is 0 Å². The summed E-state index contributed by atoms with van der Waals surface area (Å²) in [5.41, 5.74) is 10.7. The molecule has 1 aliphatic rings. The maximum Gasteiger partial charge on any atom is 0.192 e. The van der Waals surface area contributed by atoms with Gasteiger partial charge in [0.05, 0.1) is 22.5 Å². The average molecular weight is 335 g/mol. The maximum atomic E-state index is 12.9. The van der Waals surface area contributed by atoms with Crippen molar-refractivity contribution in [1.82, 2.24) is 4.98 Å². The molecule has 0 amide bonds. The molecule has 0 aliphatic heterocycles. The van der Waals surface area contributed by atoms with Crippen molar-refractivity contribution in [2.45, 2.75) is 12.8 Å². The Morgan fingerprint density at radius 1 is 1.04 bits per heavy atom. The van der Waals surface area contributed by atoms with E-state index in [1.807, 2.05) is 54.6 Å². The lowest BCUT2D eigenvalue weighted by Gasteiger charge is -2.20. The van der Waals surface area contributed by atoms with Gasteiger partial charge in [0.2, 0.25) is 0 Å². The van der Waals surface area contributed by atoms with E-state index in [1.165, 1.54) is 0 Å². The Kier molecular flexibility index (Phi) is 3.58. The maximum absolute atomic E-state index is 12.9. The summed E-state index contributed by atoms with van der Waals surface area (Å²) in [6, 6.07) is 15.1. The van der Waals surface area contributed by atoms with E-state index in [0.29, 0.717) is 22.7 Å². The molecular weight excluding hydrogens is 320 g/mol. The van der Waals surface area contributed by atoms with Gasteiger partial charge in [0.1, 0.15) is 0 Å². The fraction of sp³-hybridized carbons (Fsp3) is 0.100. The zero-order valence-electron chi connectivity index (χ0n) is 12.9. The van der Waals surface area contributed by atoms with Crippen molar-refractivity contribution in [3.63, 3.8) is 0 Å². The quantitative estimate of drug-likeness (QED) is 0.657. The van der Waals surface area contributed by atoms with Crippen LogP contribution in [0.25, 0.3) is 17.0 Å². The number of benzene rings is 2. The molecule has 2 aromatic carbocycles. The monoisotopic (exact) mass is 334 g/mol. The van der Waals surface area contributed by atoms with E-state index >= 15 is 0 Å². The topological polar surface area (TPSA) is 56.0 Å². The summed E-state index contributed by atoms with van der Waals surface area (Å²) in [5, 5.41) is 1.51. The predicted octanol–water partition coefficient (Wildman–Crippen LogP) is 4.68. The van der Waals surface area contributed by atoms with Gasteiger partial charge in [-0.05, 0) is 42.7 Å². The lowest BCUT2D eigenvalue weighted by Crippen LogP contribution is -2.18.